The molecular formula is C20H22N4O5S. The number of aryl methyl sites for hydroxylation is 1. The number of primary sulfonamides is 1. The van der Waals surface area contributed by atoms with Crippen LogP contribution in [0.25, 0.3) is 10.8 Å². The first kappa shape index (κ1) is 21.5. The molecule has 9 nitrogen and oxygen atoms in total. The lowest BCUT2D eigenvalue weighted by Crippen LogP contribution is -2.34. The first-order valence-corrected chi connectivity index (χ1v) is 10.7. The van der Waals surface area contributed by atoms with Gasteiger partial charge in [-0.25, -0.2) is 18.2 Å². The highest BCUT2D eigenvalue weighted by atomic mass is 32.2. The molecule has 3 aromatic rings. The molecule has 10 heteroatoms. The summed E-state index contributed by atoms with van der Waals surface area (Å²) >= 11 is 0. The molecule has 0 aliphatic rings. The number of benzene rings is 2. The Morgan fingerprint density at radius 2 is 1.80 bits per heavy atom. The Kier molecular flexibility index (Phi) is 5.90. The van der Waals surface area contributed by atoms with Crippen LogP contribution < -0.4 is 16.3 Å². The number of rotatable bonds is 6. The maximum absolute atomic E-state index is 12.6. The van der Waals surface area contributed by atoms with Crippen molar-refractivity contribution in [3.63, 3.8) is 0 Å². The summed E-state index contributed by atoms with van der Waals surface area (Å²) in [7, 11) is -2.27. The van der Waals surface area contributed by atoms with Crippen LogP contribution >= 0.6 is 0 Å². The molecule has 30 heavy (non-hydrogen) atoms. The number of hydrogen-bond donors (Lipinski definition) is 2. The Morgan fingerprint density at radius 3 is 2.47 bits per heavy atom. The van der Waals surface area contributed by atoms with Gasteiger partial charge in [0.15, 0.2) is 0 Å². The van der Waals surface area contributed by atoms with Gasteiger partial charge in [-0.05, 0) is 36.8 Å². The Labute approximate surface area is 172 Å². The largest absolute Gasteiger partial charge is 0.339 e. The van der Waals surface area contributed by atoms with Gasteiger partial charge >= 0.3 is 0 Å². The van der Waals surface area contributed by atoms with Gasteiger partial charge in [0.2, 0.25) is 15.9 Å². The van der Waals surface area contributed by atoms with Crippen molar-refractivity contribution in [2.75, 3.05) is 7.05 Å². The quantitative estimate of drug-likeness (QED) is 0.600. The number of fused-ring (bicyclic) bond motifs is 1. The van der Waals surface area contributed by atoms with Gasteiger partial charge in [-0.3, -0.25) is 19.5 Å². The average molecular weight is 430 g/mol. The van der Waals surface area contributed by atoms with Crippen molar-refractivity contribution < 1.29 is 13.2 Å². The molecule has 3 rings (SSSR count). The molecule has 158 valence electrons. The summed E-state index contributed by atoms with van der Waals surface area (Å²) in [4.78, 5) is 38.8. The molecule has 1 heterocycles. The Morgan fingerprint density at radius 1 is 1.13 bits per heavy atom. The highest BCUT2D eigenvalue weighted by molar-refractivity contribution is 7.89. The number of aromatic amines is 1. The molecular weight excluding hydrogens is 408 g/mol. The van der Waals surface area contributed by atoms with Crippen LogP contribution in [0.5, 0.6) is 0 Å². The van der Waals surface area contributed by atoms with E-state index in [1.807, 2.05) is 0 Å². The number of amides is 1. The number of nitrogens with zero attached hydrogens (tertiary/aromatic N) is 2. The first-order valence-electron chi connectivity index (χ1n) is 9.20. The molecule has 3 N–H and O–H groups in total. The number of nitrogens with two attached hydrogens (primary N) is 1. The Balaban J connectivity index is 1.77. The number of H-pyrrole nitrogens is 1. The molecule has 0 aliphatic carbocycles. The SMILES string of the molecule is CC(c1cccc(S(N)(=O)=O)c1)N(C)C(=O)CCn1[nH]c(=O)c2ccccc2c1=O. The van der Waals surface area contributed by atoms with Gasteiger partial charge in [0.25, 0.3) is 11.1 Å². The van der Waals surface area contributed by atoms with Crippen LogP contribution in [-0.4, -0.2) is 36.1 Å². The van der Waals surface area contributed by atoms with E-state index in [1.165, 1.54) is 17.0 Å². The first-order chi connectivity index (χ1) is 14.1. The van der Waals surface area contributed by atoms with E-state index < -0.39 is 21.6 Å². The van der Waals surface area contributed by atoms with Gasteiger partial charge in [0.1, 0.15) is 0 Å². The third kappa shape index (κ3) is 4.34. The number of sulfonamides is 1. The second-order valence-corrected chi connectivity index (χ2v) is 8.55. The summed E-state index contributed by atoms with van der Waals surface area (Å²) in [6, 6.07) is 12.1. The second kappa shape index (κ2) is 8.25. The van der Waals surface area contributed by atoms with Crippen molar-refractivity contribution in [3.05, 3.63) is 74.8 Å². The van der Waals surface area contributed by atoms with Crippen LogP contribution in [0.1, 0.15) is 24.9 Å². The molecule has 0 saturated carbocycles. The van der Waals surface area contributed by atoms with Gasteiger partial charge in [-0.1, -0.05) is 24.3 Å². The predicted molar refractivity (Wildman–Crippen MR) is 112 cm³/mol. The van der Waals surface area contributed by atoms with E-state index in [2.05, 4.69) is 5.10 Å². The molecule has 1 unspecified atom stereocenters. The van der Waals surface area contributed by atoms with E-state index in [0.29, 0.717) is 10.9 Å². The predicted octanol–water partition coefficient (Wildman–Crippen LogP) is 0.947. The lowest BCUT2D eigenvalue weighted by atomic mass is 10.1. The van der Waals surface area contributed by atoms with Crippen LogP contribution in [0.15, 0.2) is 63.0 Å². The summed E-state index contributed by atoms with van der Waals surface area (Å²) < 4.78 is 24.2. The number of nitrogens with one attached hydrogen (secondary N) is 1. The topological polar surface area (TPSA) is 135 Å². The molecule has 0 spiro atoms. The van der Waals surface area contributed by atoms with Crippen molar-refractivity contribution in [2.24, 2.45) is 5.14 Å². The van der Waals surface area contributed by atoms with Crippen LogP contribution in [0.3, 0.4) is 0 Å². The number of carbonyl (C=O) groups is 1. The van der Waals surface area contributed by atoms with E-state index in [-0.39, 0.29) is 34.7 Å². The second-order valence-electron chi connectivity index (χ2n) is 6.99. The van der Waals surface area contributed by atoms with Gasteiger partial charge < -0.3 is 4.90 Å². The average Bonchev–Trinajstić information content (AvgIpc) is 2.73. The highest BCUT2D eigenvalue weighted by Gasteiger charge is 2.19. The van der Waals surface area contributed by atoms with Gasteiger partial charge in [0.05, 0.1) is 28.3 Å². The van der Waals surface area contributed by atoms with Crippen LogP contribution in [0.2, 0.25) is 0 Å². The zero-order valence-electron chi connectivity index (χ0n) is 16.5. The molecule has 0 fully saturated rings. The lowest BCUT2D eigenvalue weighted by Gasteiger charge is -2.26. The van der Waals surface area contributed by atoms with Crippen LogP contribution in [0.4, 0.5) is 0 Å². The molecule has 1 aromatic heterocycles. The maximum Gasteiger partial charge on any atom is 0.273 e. The third-order valence-corrected chi connectivity index (χ3v) is 5.99. The third-order valence-electron chi connectivity index (χ3n) is 5.08. The monoisotopic (exact) mass is 430 g/mol. The van der Waals surface area contributed by atoms with Crippen LogP contribution in [0, 0.1) is 0 Å². The Hall–Kier alpha value is -3.24. The zero-order chi connectivity index (χ0) is 22.1. The van der Waals surface area contributed by atoms with Gasteiger partial charge in [-0.15, -0.1) is 0 Å². The summed E-state index contributed by atoms with van der Waals surface area (Å²) in [6.45, 7) is 1.76. The highest BCUT2D eigenvalue weighted by Crippen LogP contribution is 2.22. The van der Waals surface area contributed by atoms with Crippen molar-refractivity contribution in [1.82, 2.24) is 14.7 Å². The standard InChI is InChI=1S/C20H22N4O5S/c1-13(14-6-5-7-15(12-14)30(21,28)29)23(2)18(25)10-11-24-20(27)17-9-4-3-8-16(17)19(26)22-24/h3-9,12-13H,10-11H2,1-2H3,(H,22,26)(H2,21,28,29). The van der Waals surface area contributed by atoms with Crippen molar-refractivity contribution >= 4 is 26.7 Å². The molecule has 2 aromatic carbocycles. The van der Waals surface area contributed by atoms with Gasteiger partial charge in [0, 0.05) is 13.5 Å². The summed E-state index contributed by atoms with van der Waals surface area (Å²) in [5.41, 5.74) is -0.178. The summed E-state index contributed by atoms with van der Waals surface area (Å²) in [5.74, 6) is -0.274. The minimum Gasteiger partial charge on any atom is -0.339 e. The van der Waals surface area contributed by atoms with E-state index in [1.54, 1.807) is 50.4 Å². The number of hydrogen-bond acceptors (Lipinski definition) is 5. The molecule has 1 atom stereocenters. The smallest absolute Gasteiger partial charge is 0.273 e. The van der Waals surface area contributed by atoms with E-state index >= 15 is 0 Å². The molecule has 0 saturated heterocycles. The van der Waals surface area contributed by atoms with Crippen molar-refractivity contribution in [2.45, 2.75) is 30.8 Å². The number of aromatic nitrogens is 2. The van der Waals surface area contributed by atoms with Gasteiger partial charge in [-0.2, -0.15) is 0 Å². The fraction of sp³-hybridized carbons (Fsp3) is 0.250. The maximum atomic E-state index is 12.6. The van der Waals surface area contributed by atoms with E-state index in [0.717, 1.165) is 4.68 Å². The van der Waals surface area contributed by atoms with E-state index in [9.17, 15) is 22.8 Å². The lowest BCUT2D eigenvalue weighted by molar-refractivity contribution is -0.132. The molecule has 1 amide bonds. The number of carbonyl (C=O) groups excluding carboxylic acids is 1. The molecule has 0 radical (unpaired) electrons. The zero-order valence-corrected chi connectivity index (χ0v) is 17.3. The fourth-order valence-corrected chi connectivity index (χ4v) is 3.75. The van der Waals surface area contributed by atoms with Crippen molar-refractivity contribution in [1.29, 1.82) is 0 Å². The normalized spacial score (nSPS) is 12.6. The minimum absolute atomic E-state index is 0.00597. The molecule has 0 bridgehead atoms. The summed E-state index contributed by atoms with van der Waals surface area (Å²) in [6.07, 6.45) is -0.0239. The Bertz CT molecular complexity index is 1330. The van der Waals surface area contributed by atoms with Crippen LogP contribution in [-0.2, 0) is 21.4 Å². The summed E-state index contributed by atoms with van der Waals surface area (Å²) in [5, 5.41) is 8.25. The molecule has 0 aliphatic heterocycles. The van der Waals surface area contributed by atoms with Crippen molar-refractivity contribution in [3.8, 4) is 0 Å². The van der Waals surface area contributed by atoms with E-state index in [4.69, 9.17) is 5.14 Å². The minimum atomic E-state index is -3.85. The fourth-order valence-electron chi connectivity index (χ4n) is 3.18.